The number of rotatable bonds is 2. The zero-order valence-electron chi connectivity index (χ0n) is 16.4. The third-order valence-electron chi connectivity index (χ3n) is 5.02. The Balaban J connectivity index is 0.00000225. The van der Waals surface area contributed by atoms with Crippen molar-refractivity contribution in [3.05, 3.63) is 57.6 Å². The number of aryl methyl sites for hydroxylation is 6. The largest absolute Gasteiger partial charge is 1.00 e. The molecule has 0 saturated carbocycles. The highest BCUT2D eigenvalue weighted by Crippen LogP contribution is 2.32. The molecule has 3 heteroatoms. The molecule has 0 N–H and O–H groups in total. The zero-order valence-corrected chi connectivity index (χ0v) is 17.2. The lowest BCUT2D eigenvalue weighted by atomic mass is 10.0. The summed E-state index contributed by atoms with van der Waals surface area (Å²) in [5.74, 6) is 0. The average Bonchev–Trinajstić information content (AvgIpc) is 2.78. The first-order valence-electron chi connectivity index (χ1n) is 8.83. The van der Waals surface area contributed by atoms with E-state index >= 15 is 0 Å². The predicted molar refractivity (Wildman–Crippen MR) is 104 cm³/mol. The van der Waals surface area contributed by atoms with Gasteiger partial charge in [-0.25, -0.2) is 9.48 Å². The van der Waals surface area contributed by atoms with Crippen LogP contribution in [0.25, 0.3) is 0 Å². The zero-order chi connectivity index (χ0) is 17.6. The van der Waals surface area contributed by atoms with Crippen LogP contribution in [0, 0.1) is 41.5 Å². The van der Waals surface area contributed by atoms with Crippen LogP contribution in [0.4, 0.5) is 11.4 Å². The molecule has 1 atom stereocenters. The Morgan fingerprint density at radius 1 is 0.800 bits per heavy atom. The Morgan fingerprint density at radius 3 is 1.72 bits per heavy atom. The summed E-state index contributed by atoms with van der Waals surface area (Å²) in [6.45, 7) is 16.6. The van der Waals surface area contributed by atoms with Gasteiger partial charge in [-0.15, -0.1) is 0 Å². The molecule has 0 spiro atoms. The quantitative estimate of drug-likeness (QED) is 0.747. The van der Waals surface area contributed by atoms with Gasteiger partial charge in [0.1, 0.15) is 24.0 Å². The molecular weight excluding hydrogens is 328 g/mol. The molecular formula is C22H29ClN2. The molecule has 2 aromatic carbocycles. The number of nitrogens with zero attached hydrogens (tertiary/aromatic N) is 2. The van der Waals surface area contributed by atoms with E-state index in [0.717, 1.165) is 6.54 Å². The third kappa shape index (κ3) is 3.59. The fourth-order valence-electron chi connectivity index (χ4n) is 4.32. The van der Waals surface area contributed by atoms with Crippen molar-refractivity contribution >= 4 is 17.7 Å². The maximum Gasteiger partial charge on any atom is 0.245 e. The molecule has 0 fully saturated rings. The lowest BCUT2D eigenvalue weighted by Gasteiger charge is -2.18. The average molecular weight is 357 g/mol. The fourth-order valence-corrected chi connectivity index (χ4v) is 4.32. The van der Waals surface area contributed by atoms with Gasteiger partial charge in [-0.1, -0.05) is 35.4 Å². The summed E-state index contributed by atoms with van der Waals surface area (Å²) in [7, 11) is 0. The maximum atomic E-state index is 2.45. The van der Waals surface area contributed by atoms with Crippen LogP contribution >= 0.6 is 0 Å². The summed E-state index contributed by atoms with van der Waals surface area (Å²) in [5, 5.41) is 0. The van der Waals surface area contributed by atoms with Gasteiger partial charge >= 0.3 is 0 Å². The van der Waals surface area contributed by atoms with Crippen LogP contribution in [-0.4, -0.2) is 23.5 Å². The first kappa shape index (κ1) is 19.5. The molecule has 0 bridgehead atoms. The van der Waals surface area contributed by atoms with Gasteiger partial charge in [0.25, 0.3) is 0 Å². The summed E-state index contributed by atoms with van der Waals surface area (Å²) in [6.07, 6.45) is 2.31. The summed E-state index contributed by atoms with van der Waals surface area (Å²) in [5.41, 5.74) is 10.8. The summed E-state index contributed by atoms with van der Waals surface area (Å²) < 4.78 is 2.42. The number of benzene rings is 2. The molecule has 1 heterocycles. The van der Waals surface area contributed by atoms with Crippen LogP contribution in [-0.2, 0) is 0 Å². The van der Waals surface area contributed by atoms with Crippen LogP contribution in [0.5, 0.6) is 0 Å². The molecule has 0 amide bonds. The molecule has 0 saturated heterocycles. The smallest absolute Gasteiger partial charge is 0.245 e. The highest BCUT2D eigenvalue weighted by molar-refractivity contribution is 5.82. The molecule has 1 aliphatic heterocycles. The lowest BCUT2D eigenvalue weighted by molar-refractivity contribution is -0.429. The molecule has 25 heavy (non-hydrogen) atoms. The van der Waals surface area contributed by atoms with Crippen LogP contribution in [0.3, 0.4) is 0 Å². The van der Waals surface area contributed by atoms with E-state index in [-0.39, 0.29) is 12.4 Å². The van der Waals surface area contributed by atoms with Gasteiger partial charge in [0, 0.05) is 0 Å². The SMILES string of the molecule is Cc1cc(C)c(N2C=[N+](c3c(C)cc(C)cc3C)CC2C)c(C)c1.[Cl-]. The fraction of sp³-hybridized carbons (Fsp3) is 0.409. The van der Waals surface area contributed by atoms with Crippen LogP contribution < -0.4 is 17.3 Å². The molecule has 1 aliphatic rings. The normalized spacial score (nSPS) is 16.7. The van der Waals surface area contributed by atoms with Crippen LogP contribution in [0.2, 0.25) is 0 Å². The van der Waals surface area contributed by atoms with E-state index in [2.05, 4.69) is 88.5 Å². The Hall–Kier alpha value is -1.80. The number of hydrogen-bond donors (Lipinski definition) is 0. The Morgan fingerprint density at radius 2 is 1.24 bits per heavy atom. The number of hydrogen-bond acceptors (Lipinski definition) is 1. The van der Waals surface area contributed by atoms with E-state index in [4.69, 9.17) is 0 Å². The first-order valence-corrected chi connectivity index (χ1v) is 8.83. The first-order chi connectivity index (χ1) is 11.3. The Kier molecular flexibility index (Phi) is 5.63. The van der Waals surface area contributed by atoms with E-state index in [1.165, 1.54) is 44.8 Å². The second kappa shape index (κ2) is 7.21. The van der Waals surface area contributed by atoms with Gasteiger partial charge < -0.3 is 12.4 Å². The minimum atomic E-state index is 0. The van der Waals surface area contributed by atoms with E-state index < -0.39 is 0 Å². The molecule has 0 aromatic heterocycles. The Labute approximate surface area is 158 Å². The second-order valence-corrected chi connectivity index (χ2v) is 7.52. The van der Waals surface area contributed by atoms with Crippen molar-refractivity contribution < 1.29 is 17.0 Å². The van der Waals surface area contributed by atoms with Gasteiger partial charge in [0.2, 0.25) is 6.34 Å². The summed E-state index contributed by atoms with van der Waals surface area (Å²) >= 11 is 0. The molecule has 1 unspecified atom stereocenters. The van der Waals surface area contributed by atoms with Crippen molar-refractivity contribution in [3.8, 4) is 0 Å². The van der Waals surface area contributed by atoms with E-state index in [1.54, 1.807) is 0 Å². The van der Waals surface area contributed by atoms with E-state index in [9.17, 15) is 0 Å². The lowest BCUT2D eigenvalue weighted by Crippen LogP contribution is -3.00. The topological polar surface area (TPSA) is 6.25 Å². The van der Waals surface area contributed by atoms with Gasteiger partial charge in [-0.3, -0.25) is 0 Å². The van der Waals surface area contributed by atoms with Crippen molar-refractivity contribution in [1.29, 1.82) is 0 Å². The second-order valence-electron chi connectivity index (χ2n) is 7.52. The minimum Gasteiger partial charge on any atom is -1.00 e. The standard InChI is InChI=1S/C22H29N2.ClH/c1-14-8-16(3)21(17(4)9-14)23-12-20(7)24(13-23)22-18(5)10-15(2)11-19(22)6;/h8-11,13,20H,12H2,1-7H3;1H/q+1;/p-1. The maximum absolute atomic E-state index is 2.45. The van der Waals surface area contributed by atoms with Crippen molar-refractivity contribution in [2.45, 2.75) is 54.5 Å². The summed E-state index contributed by atoms with van der Waals surface area (Å²) in [4.78, 5) is 2.45. The highest BCUT2D eigenvalue weighted by Gasteiger charge is 2.33. The third-order valence-corrected chi connectivity index (χ3v) is 5.02. The molecule has 2 nitrogen and oxygen atoms in total. The van der Waals surface area contributed by atoms with Crippen molar-refractivity contribution in [2.75, 3.05) is 11.4 Å². The van der Waals surface area contributed by atoms with Crippen molar-refractivity contribution in [1.82, 2.24) is 0 Å². The summed E-state index contributed by atoms with van der Waals surface area (Å²) in [6, 6.07) is 9.60. The van der Waals surface area contributed by atoms with Gasteiger partial charge in [-0.05, 0) is 70.7 Å². The van der Waals surface area contributed by atoms with Crippen LogP contribution in [0.1, 0.15) is 40.3 Å². The molecule has 2 aromatic rings. The highest BCUT2D eigenvalue weighted by atomic mass is 35.5. The van der Waals surface area contributed by atoms with E-state index in [1.807, 2.05) is 0 Å². The molecule has 3 rings (SSSR count). The van der Waals surface area contributed by atoms with Crippen LogP contribution in [0.15, 0.2) is 24.3 Å². The van der Waals surface area contributed by atoms with E-state index in [0.29, 0.717) is 6.04 Å². The van der Waals surface area contributed by atoms with Gasteiger partial charge in [0.15, 0.2) is 0 Å². The molecule has 0 aliphatic carbocycles. The molecule has 134 valence electrons. The minimum absolute atomic E-state index is 0. The van der Waals surface area contributed by atoms with Gasteiger partial charge in [-0.2, -0.15) is 0 Å². The van der Waals surface area contributed by atoms with Crippen molar-refractivity contribution in [2.24, 2.45) is 0 Å². The number of anilines is 1. The predicted octanol–water partition coefficient (Wildman–Crippen LogP) is 2.12. The Bertz CT molecular complexity index is 790. The van der Waals surface area contributed by atoms with Crippen molar-refractivity contribution in [3.63, 3.8) is 0 Å². The van der Waals surface area contributed by atoms with Gasteiger partial charge in [0.05, 0.1) is 0 Å². The number of halogens is 1. The monoisotopic (exact) mass is 356 g/mol. The molecule has 0 radical (unpaired) electrons.